The smallest absolute Gasteiger partial charge is 0.00104 e. The third-order valence-corrected chi connectivity index (χ3v) is 3.12. The van der Waals surface area contributed by atoms with Gasteiger partial charge in [0.1, 0.15) is 0 Å². The molecule has 0 amide bonds. The summed E-state index contributed by atoms with van der Waals surface area (Å²) in [6.45, 7) is 15.0. The Balaban J connectivity index is 3.85. The van der Waals surface area contributed by atoms with E-state index in [0.29, 0.717) is 6.04 Å². The summed E-state index contributed by atoms with van der Waals surface area (Å²) in [6, 6.07) is 0.626. The minimum absolute atomic E-state index is 0.626. The highest BCUT2D eigenvalue weighted by molar-refractivity contribution is 4.66. The average Bonchev–Trinajstić information content (AvgIpc) is 2.15. The topological polar surface area (TPSA) is 12.0 Å². The van der Waals surface area contributed by atoms with Crippen molar-refractivity contribution in [3.05, 3.63) is 0 Å². The van der Waals surface area contributed by atoms with E-state index in [1.54, 1.807) is 0 Å². The second kappa shape index (κ2) is 9.04. The Bertz CT molecular complexity index is 121. The van der Waals surface area contributed by atoms with Gasteiger partial charge in [-0.05, 0) is 37.1 Å². The van der Waals surface area contributed by atoms with Gasteiger partial charge in [0.2, 0.25) is 0 Å². The van der Waals surface area contributed by atoms with Crippen LogP contribution in [0.4, 0.5) is 0 Å². The number of hydrogen-bond donors (Lipinski definition) is 1. The highest BCUT2D eigenvalue weighted by Crippen LogP contribution is 2.19. The van der Waals surface area contributed by atoms with Gasteiger partial charge in [-0.25, -0.2) is 0 Å². The van der Waals surface area contributed by atoms with Crippen molar-refractivity contribution in [1.29, 1.82) is 0 Å². The first-order valence-corrected chi connectivity index (χ1v) is 7.15. The molecule has 0 saturated heterocycles. The second-order valence-corrected chi connectivity index (χ2v) is 6.37. The highest BCUT2D eigenvalue weighted by Gasteiger charge is 2.11. The second-order valence-electron chi connectivity index (χ2n) is 6.37. The predicted molar refractivity (Wildman–Crippen MR) is 74.8 cm³/mol. The van der Waals surface area contributed by atoms with Crippen molar-refractivity contribution in [2.45, 2.75) is 73.3 Å². The van der Waals surface area contributed by atoms with E-state index in [1.165, 1.54) is 32.2 Å². The lowest BCUT2D eigenvalue weighted by Gasteiger charge is -2.21. The summed E-state index contributed by atoms with van der Waals surface area (Å²) in [5, 5.41) is 3.59. The molecule has 0 bridgehead atoms. The Morgan fingerprint density at radius 2 is 1.12 bits per heavy atom. The SMILES string of the molecule is CC(C)CCC(CCC(C)C)CNC(C)C. The van der Waals surface area contributed by atoms with E-state index in [1.807, 2.05) is 0 Å². The van der Waals surface area contributed by atoms with Crippen molar-refractivity contribution in [3.8, 4) is 0 Å². The summed E-state index contributed by atoms with van der Waals surface area (Å²) in [6.07, 6.45) is 5.54. The first kappa shape index (κ1) is 16.0. The average molecular weight is 227 g/mol. The van der Waals surface area contributed by atoms with Gasteiger partial charge in [0.25, 0.3) is 0 Å². The van der Waals surface area contributed by atoms with Crippen LogP contribution in [-0.2, 0) is 0 Å². The fourth-order valence-corrected chi connectivity index (χ4v) is 1.89. The Labute approximate surface area is 103 Å². The van der Waals surface area contributed by atoms with Crippen LogP contribution in [0.3, 0.4) is 0 Å². The number of rotatable bonds is 9. The maximum Gasteiger partial charge on any atom is 0.00104 e. The van der Waals surface area contributed by atoms with Crippen molar-refractivity contribution in [3.63, 3.8) is 0 Å². The van der Waals surface area contributed by atoms with Crippen molar-refractivity contribution >= 4 is 0 Å². The molecular formula is C15H33N. The van der Waals surface area contributed by atoms with Crippen LogP contribution >= 0.6 is 0 Å². The lowest BCUT2D eigenvalue weighted by Crippen LogP contribution is -2.29. The standard InChI is InChI=1S/C15H33N/c1-12(2)7-9-15(10-8-13(3)4)11-16-14(5)6/h12-16H,7-11H2,1-6H3. The zero-order chi connectivity index (χ0) is 12.6. The van der Waals surface area contributed by atoms with E-state index in [2.05, 4.69) is 46.9 Å². The van der Waals surface area contributed by atoms with Crippen molar-refractivity contribution < 1.29 is 0 Å². The molecule has 1 heteroatoms. The first-order valence-electron chi connectivity index (χ1n) is 7.15. The van der Waals surface area contributed by atoms with Crippen LogP contribution in [-0.4, -0.2) is 12.6 Å². The molecule has 0 aromatic heterocycles. The van der Waals surface area contributed by atoms with Crippen LogP contribution in [0.5, 0.6) is 0 Å². The van der Waals surface area contributed by atoms with Gasteiger partial charge in [0, 0.05) is 6.04 Å². The lowest BCUT2D eigenvalue weighted by atomic mass is 9.91. The van der Waals surface area contributed by atoms with Crippen LogP contribution in [0, 0.1) is 17.8 Å². The van der Waals surface area contributed by atoms with Gasteiger partial charge in [-0.3, -0.25) is 0 Å². The highest BCUT2D eigenvalue weighted by atomic mass is 14.9. The van der Waals surface area contributed by atoms with E-state index in [4.69, 9.17) is 0 Å². The molecule has 98 valence electrons. The van der Waals surface area contributed by atoms with Gasteiger partial charge >= 0.3 is 0 Å². The van der Waals surface area contributed by atoms with Crippen molar-refractivity contribution in [2.24, 2.45) is 17.8 Å². The van der Waals surface area contributed by atoms with Crippen LogP contribution in [0.2, 0.25) is 0 Å². The fourth-order valence-electron chi connectivity index (χ4n) is 1.89. The van der Waals surface area contributed by atoms with Gasteiger partial charge in [0.15, 0.2) is 0 Å². The van der Waals surface area contributed by atoms with Gasteiger partial charge in [-0.2, -0.15) is 0 Å². The molecular weight excluding hydrogens is 194 g/mol. The quantitative estimate of drug-likeness (QED) is 0.612. The zero-order valence-corrected chi connectivity index (χ0v) is 12.3. The predicted octanol–water partition coefficient (Wildman–Crippen LogP) is 4.47. The maximum atomic E-state index is 3.59. The van der Waals surface area contributed by atoms with E-state index in [-0.39, 0.29) is 0 Å². The van der Waals surface area contributed by atoms with Gasteiger partial charge in [-0.1, -0.05) is 54.4 Å². The Hall–Kier alpha value is -0.0400. The molecule has 16 heavy (non-hydrogen) atoms. The van der Waals surface area contributed by atoms with E-state index >= 15 is 0 Å². The summed E-state index contributed by atoms with van der Waals surface area (Å²) >= 11 is 0. The Morgan fingerprint density at radius 1 is 0.688 bits per heavy atom. The summed E-state index contributed by atoms with van der Waals surface area (Å²) in [7, 11) is 0. The Morgan fingerprint density at radius 3 is 1.44 bits per heavy atom. The van der Waals surface area contributed by atoms with Crippen molar-refractivity contribution in [1.82, 2.24) is 5.32 Å². The van der Waals surface area contributed by atoms with Crippen LogP contribution in [0.1, 0.15) is 67.2 Å². The summed E-state index contributed by atoms with van der Waals surface area (Å²) < 4.78 is 0. The minimum Gasteiger partial charge on any atom is -0.314 e. The van der Waals surface area contributed by atoms with Crippen LogP contribution < -0.4 is 5.32 Å². The van der Waals surface area contributed by atoms with E-state index < -0.39 is 0 Å². The lowest BCUT2D eigenvalue weighted by molar-refractivity contribution is 0.345. The van der Waals surface area contributed by atoms with E-state index in [0.717, 1.165) is 17.8 Å². The molecule has 0 saturated carbocycles. The fraction of sp³-hybridized carbons (Fsp3) is 1.00. The molecule has 0 fully saturated rings. The molecule has 0 rings (SSSR count). The monoisotopic (exact) mass is 227 g/mol. The molecule has 0 aliphatic carbocycles. The molecule has 0 aliphatic rings. The first-order chi connectivity index (χ1) is 7.41. The van der Waals surface area contributed by atoms with Gasteiger partial charge in [-0.15, -0.1) is 0 Å². The third kappa shape index (κ3) is 10.5. The Kier molecular flexibility index (Phi) is 9.02. The zero-order valence-electron chi connectivity index (χ0n) is 12.3. The van der Waals surface area contributed by atoms with Crippen LogP contribution in [0.15, 0.2) is 0 Å². The van der Waals surface area contributed by atoms with E-state index in [9.17, 15) is 0 Å². The third-order valence-electron chi connectivity index (χ3n) is 3.12. The molecule has 0 radical (unpaired) electrons. The minimum atomic E-state index is 0.626. The largest absolute Gasteiger partial charge is 0.314 e. The number of hydrogen-bond acceptors (Lipinski definition) is 1. The summed E-state index contributed by atoms with van der Waals surface area (Å²) in [5.41, 5.74) is 0. The van der Waals surface area contributed by atoms with Gasteiger partial charge in [0.05, 0.1) is 0 Å². The molecule has 0 aromatic carbocycles. The summed E-state index contributed by atoms with van der Waals surface area (Å²) in [5.74, 6) is 2.58. The molecule has 0 unspecified atom stereocenters. The molecule has 1 N–H and O–H groups in total. The molecule has 0 heterocycles. The molecule has 1 nitrogen and oxygen atoms in total. The molecule has 0 aliphatic heterocycles. The van der Waals surface area contributed by atoms with Crippen LogP contribution in [0.25, 0.3) is 0 Å². The molecule has 0 aromatic rings. The van der Waals surface area contributed by atoms with Crippen molar-refractivity contribution in [2.75, 3.05) is 6.54 Å². The molecule has 0 atom stereocenters. The normalized spacial score (nSPS) is 12.4. The molecule has 0 spiro atoms. The van der Waals surface area contributed by atoms with Gasteiger partial charge < -0.3 is 5.32 Å². The number of nitrogens with one attached hydrogen (secondary N) is 1. The summed E-state index contributed by atoms with van der Waals surface area (Å²) in [4.78, 5) is 0. The maximum absolute atomic E-state index is 3.59.